The molecule has 4 aromatic rings. The first-order valence-corrected chi connectivity index (χ1v) is 13.8. The van der Waals surface area contributed by atoms with Gasteiger partial charge in [0.2, 0.25) is 5.95 Å². The molecule has 0 fully saturated rings. The van der Waals surface area contributed by atoms with E-state index in [4.69, 9.17) is 25.3 Å². The molecule has 0 amide bonds. The maximum Gasteiger partial charge on any atom is 0.337 e. The lowest BCUT2D eigenvalue weighted by molar-refractivity contribution is 0.0600. The predicted molar refractivity (Wildman–Crippen MR) is 165 cm³/mol. The van der Waals surface area contributed by atoms with Crippen LogP contribution in [0.5, 0.6) is 5.75 Å². The van der Waals surface area contributed by atoms with Crippen molar-refractivity contribution in [2.75, 3.05) is 26.1 Å². The smallest absolute Gasteiger partial charge is 0.337 e. The number of nitrogens with zero attached hydrogens (tertiary/aromatic N) is 5. The molecule has 2 aromatic carbocycles. The highest BCUT2D eigenvalue weighted by molar-refractivity contribution is 6.09. The quantitative estimate of drug-likeness (QED) is 0.209. The van der Waals surface area contributed by atoms with Crippen molar-refractivity contribution in [2.45, 2.75) is 26.7 Å². The van der Waals surface area contributed by atoms with Gasteiger partial charge in [-0.25, -0.2) is 14.8 Å². The standard InChI is InChI=1S/C32H35N7O3/c1-19(2)16-34-17-24(15-33)20-6-8-21(9-7-20)30-28-26(38-39(30)3)13-11-23-18-35-32(37-29(23)28)36-25-12-10-22(31(40)42-5)14-27(25)41-4/h6-10,12,14-15,17-19H,11,13,16,33H2,1-5H3,(H,35,36,37)/b24-15+,34-17?. The van der Waals surface area contributed by atoms with Crippen molar-refractivity contribution in [3.05, 3.63) is 77.2 Å². The molecule has 10 heteroatoms. The minimum atomic E-state index is -0.441. The fraction of sp³-hybridized carbons (Fsp3) is 0.281. The zero-order valence-electron chi connectivity index (χ0n) is 24.5. The Kier molecular flexibility index (Phi) is 8.33. The Morgan fingerprint density at radius 3 is 2.60 bits per heavy atom. The monoisotopic (exact) mass is 565 g/mol. The van der Waals surface area contributed by atoms with Gasteiger partial charge in [-0.05, 0) is 48.1 Å². The average molecular weight is 566 g/mol. The average Bonchev–Trinajstić information content (AvgIpc) is 3.35. The van der Waals surface area contributed by atoms with Crippen LogP contribution in [0.1, 0.15) is 41.0 Å². The molecule has 216 valence electrons. The highest BCUT2D eigenvalue weighted by atomic mass is 16.5. The van der Waals surface area contributed by atoms with Crippen LogP contribution in [-0.4, -0.2) is 52.7 Å². The van der Waals surface area contributed by atoms with Crippen LogP contribution < -0.4 is 15.8 Å². The summed E-state index contributed by atoms with van der Waals surface area (Å²) >= 11 is 0. The molecule has 2 aromatic heterocycles. The molecule has 0 saturated heterocycles. The Morgan fingerprint density at radius 1 is 1.14 bits per heavy atom. The SMILES string of the molecule is COC(=O)c1ccc(Nc2ncc3c(n2)-c2c(nn(C)c2-c2ccc(/C(C=NCC(C)C)=C/N)cc2)CC3)c(OC)c1. The summed E-state index contributed by atoms with van der Waals surface area (Å²) < 4.78 is 12.3. The summed E-state index contributed by atoms with van der Waals surface area (Å²) in [5, 5.41) is 8.10. The van der Waals surface area contributed by atoms with Crippen molar-refractivity contribution in [1.82, 2.24) is 19.7 Å². The molecule has 0 spiro atoms. The maximum absolute atomic E-state index is 12.0. The third-order valence-corrected chi connectivity index (χ3v) is 7.09. The van der Waals surface area contributed by atoms with Crippen LogP contribution in [0.25, 0.3) is 28.1 Å². The molecule has 0 aliphatic heterocycles. The van der Waals surface area contributed by atoms with Gasteiger partial charge in [-0.3, -0.25) is 9.67 Å². The largest absolute Gasteiger partial charge is 0.495 e. The van der Waals surface area contributed by atoms with Gasteiger partial charge < -0.3 is 20.5 Å². The van der Waals surface area contributed by atoms with Crippen molar-refractivity contribution in [2.24, 2.45) is 23.7 Å². The summed E-state index contributed by atoms with van der Waals surface area (Å²) in [6.07, 6.45) is 6.89. The summed E-state index contributed by atoms with van der Waals surface area (Å²) in [6, 6.07) is 13.3. The summed E-state index contributed by atoms with van der Waals surface area (Å²) in [6.45, 7) is 5.02. The van der Waals surface area contributed by atoms with Crippen molar-refractivity contribution >= 4 is 29.4 Å². The van der Waals surface area contributed by atoms with E-state index in [1.165, 1.54) is 7.11 Å². The number of allylic oxidation sites excluding steroid dienone is 1. The molecule has 1 aliphatic carbocycles. The summed E-state index contributed by atoms with van der Waals surface area (Å²) in [7, 11) is 4.84. The molecule has 0 atom stereocenters. The maximum atomic E-state index is 12.0. The number of methoxy groups -OCH3 is 2. The lowest BCUT2D eigenvalue weighted by Crippen LogP contribution is -2.09. The number of hydrogen-bond donors (Lipinski definition) is 2. The van der Waals surface area contributed by atoms with Crippen LogP contribution in [0.3, 0.4) is 0 Å². The third-order valence-electron chi connectivity index (χ3n) is 7.09. The Morgan fingerprint density at radius 2 is 1.90 bits per heavy atom. The van der Waals surface area contributed by atoms with Gasteiger partial charge in [0, 0.05) is 48.9 Å². The Bertz CT molecular complexity index is 1670. The Hall–Kier alpha value is -4.99. The normalized spacial score (nSPS) is 12.8. The molecule has 10 nitrogen and oxygen atoms in total. The van der Waals surface area contributed by atoms with Crippen LogP contribution in [0.2, 0.25) is 0 Å². The molecule has 0 radical (unpaired) electrons. The highest BCUT2D eigenvalue weighted by Gasteiger charge is 2.27. The van der Waals surface area contributed by atoms with Crippen molar-refractivity contribution < 1.29 is 14.3 Å². The van der Waals surface area contributed by atoms with E-state index in [1.807, 2.05) is 24.1 Å². The van der Waals surface area contributed by atoms with Gasteiger partial charge in [-0.2, -0.15) is 5.10 Å². The van der Waals surface area contributed by atoms with Gasteiger partial charge in [-0.15, -0.1) is 0 Å². The number of carbonyl (C=O) groups is 1. The topological polar surface area (TPSA) is 130 Å². The predicted octanol–water partition coefficient (Wildman–Crippen LogP) is 5.21. The number of ether oxygens (including phenoxy) is 2. The number of aryl methyl sites for hydroxylation is 3. The summed E-state index contributed by atoms with van der Waals surface area (Å²) in [5.74, 6) is 0.927. The van der Waals surface area contributed by atoms with Crippen molar-refractivity contribution in [3.63, 3.8) is 0 Å². The second-order valence-electron chi connectivity index (χ2n) is 10.5. The van der Waals surface area contributed by atoms with E-state index in [0.29, 0.717) is 28.9 Å². The van der Waals surface area contributed by atoms with E-state index >= 15 is 0 Å². The van der Waals surface area contributed by atoms with E-state index in [1.54, 1.807) is 31.5 Å². The van der Waals surface area contributed by atoms with Gasteiger partial charge in [0.05, 0.1) is 42.6 Å². The fourth-order valence-electron chi connectivity index (χ4n) is 5.01. The number of carbonyl (C=O) groups excluding carboxylic acids is 1. The molecular weight excluding hydrogens is 530 g/mol. The number of nitrogens with two attached hydrogens (primary N) is 1. The first-order valence-electron chi connectivity index (χ1n) is 13.8. The number of aromatic nitrogens is 4. The van der Waals surface area contributed by atoms with E-state index in [2.05, 4.69) is 53.4 Å². The molecule has 0 saturated carbocycles. The van der Waals surface area contributed by atoms with Gasteiger partial charge in [0.25, 0.3) is 0 Å². The minimum absolute atomic E-state index is 0.388. The minimum Gasteiger partial charge on any atom is -0.495 e. The molecule has 5 rings (SSSR count). The van der Waals surface area contributed by atoms with E-state index in [-0.39, 0.29) is 0 Å². The van der Waals surface area contributed by atoms with Crippen LogP contribution in [-0.2, 0) is 24.6 Å². The second kappa shape index (κ2) is 12.3. The number of benzene rings is 2. The second-order valence-corrected chi connectivity index (χ2v) is 10.5. The lowest BCUT2D eigenvalue weighted by atomic mass is 9.91. The molecule has 1 aliphatic rings. The number of nitrogens with one attached hydrogen (secondary N) is 1. The van der Waals surface area contributed by atoms with Crippen molar-refractivity contribution in [1.29, 1.82) is 0 Å². The number of esters is 1. The van der Waals surface area contributed by atoms with Crippen LogP contribution in [0.4, 0.5) is 11.6 Å². The highest BCUT2D eigenvalue weighted by Crippen LogP contribution is 2.40. The number of aliphatic imine (C=N–C) groups is 1. The fourth-order valence-corrected chi connectivity index (χ4v) is 5.01. The van der Waals surface area contributed by atoms with E-state index in [0.717, 1.165) is 64.3 Å². The summed E-state index contributed by atoms with van der Waals surface area (Å²) in [5.41, 5.74) is 14.7. The van der Waals surface area contributed by atoms with Gasteiger partial charge in [0.15, 0.2) is 0 Å². The molecule has 42 heavy (non-hydrogen) atoms. The third kappa shape index (κ3) is 5.74. The first kappa shape index (κ1) is 28.5. The molecule has 2 heterocycles. The Labute approximate surface area is 245 Å². The van der Waals surface area contributed by atoms with E-state index in [9.17, 15) is 4.79 Å². The van der Waals surface area contributed by atoms with Gasteiger partial charge in [-0.1, -0.05) is 38.1 Å². The zero-order chi connectivity index (χ0) is 29.8. The van der Waals surface area contributed by atoms with E-state index < -0.39 is 5.97 Å². The number of hydrogen-bond acceptors (Lipinski definition) is 9. The van der Waals surface area contributed by atoms with Gasteiger partial charge in [0.1, 0.15) is 5.75 Å². The van der Waals surface area contributed by atoms with Crippen LogP contribution >= 0.6 is 0 Å². The molecular formula is C32H35N7O3. The Balaban J connectivity index is 1.48. The number of fused-ring (bicyclic) bond motifs is 3. The number of rotatable bonds is 9. The lowest BCUT2D eigenvalue weighted by Gasteiger charge is -2.18. The van der Waals surface area contributed by atoms with Crippen LogP contribution in [0.15, 0.2) is 59.9 Å². The van der Waals surface area contributed by atoms with Gasteiger partial charge >= 0.3 is 5.97 Å². The molecule has 0 bridgehead atoms. The van der Waals surface area contributed by atoms with Crippen molar-refractivity contribution in [3.8, 4) is 28.3 Å². The first-order chi connectivity index (χ1) is 20.3. The number of anilines is 2. The molecule has 3 N–H and O–H groups in total. The summed E-state index contributed by atoms with van der Waals surface area (Å²) in [4.78, 5) is 26.0. The van der Waals surface area contributed by atoms with Crippen LogP contribution in [0, 0.1) is 5.92 Å². The zero-order valence-corrected chi connectivity index (χ0v) is 24.5. The molecule has 0 unspecified atom stereocenters.